The third-order valence-electron chi connectivity index (χ3n) is 3.05. The maximum Gasteiger partial charge on any atom is 0.265 e. The molecule has 0 saturated heterocycles. The van der Waals surface area contributed by atoms with Crippen LogP contribution in [0.2, 0.25) is 0 Å². The SMILES string of the molecule is CN(CCCNCCCNC(=O)/C=N/O)c1ccccc1. The maximum absolute atomic E-state index is 10.9. The van der Waals surface area contributed by atoms with Gasteiger partial charge in [-0.3, -0.25) is 4.79 Å². The van der Waals surface area contributed by atoms with Crippen molar-refractivity contribution >= 4 is 17.8 Å². The highest BCUT2D eigenvalue weighted by molar-refractivity contribution is 6.25. The van der Waals surface area contributed by atoms with Gasteiger partial charge in [-0.25, -0.2) is 0 Å². The Hall–Kier alpha value is -2.08. The first-order valence-electron chi connectivity index (χ1n) is 7.16. The van der Waals surface area contributed by atoms with E-state index in [9.17, 15) is 4.79 Å². The second-order valence-corrected chi connectivity index (χ2v) is 4.75. The molecule has 0 aliphatic rings. The van der Waals surface area contributed by atoms with E-state index in [4.69, 9.17) is 5.21 Å². The molecule has 0 spiro atoms. The second-order valence-electron chi connectivity index (χ2n) is 4.75. The van der Waals surface area contributed by atoms with Crippen LogP contribution in [0.3, 0.4) is 0 Å². The first-order valence-corrected chi connectivity index (χ1v) is 7.16. The number of anilines is 1. The molecule has 0 radical (unpaired) electrons. The zero-order valence-electron chi connectivity index (χ0n) is 12.5. The van der Waals surface area contributed by atoms with Gasteiger partial charge in [0, 0.05) is 25.8 Å². The molecule has 21 heavy (non-hydrogen) atoms. The standard InChI is InChI=1S/C15H24N4O2/c1-19(14-7-3-2-4-8-14)12-6-10-16-9-5-11-17-15(20)13-18-21/h2-4,7-8,13,16,21H,5-6,9-12H2,1H3,(H,17,20)/b18-13+. The Kier molecular flexibility index (Phi) is 8.63. The van der Waals surface area contributed by atoms with Crippen molar-refractivity contribution in [2.45, 2.75) is 12.8 Å². The molecule has 1 amide bonds. The van der Waals surface area contributed by atoms with Crippen molar-refractivity contribution in [3.05, 3.63) is 30.3 Å². The minimum Gasteiger partial charge on any atom is -0.411 e. The van der Waals surface area contributed by atoms with Crippen molar-refractivity contribution < 1.29 is 10.0 Å². The number of rotatable bonds is 10. The van der Waals surface area contributed by atoms with E-state index in [2.05, 4.69) is 39.9 Å². The van der Waals surface area contributed by atoms with Crippen LogP contribution >= 0.6 is 0 Å². The lowest BCUT2D eigenvalue weighted by Crippen LogP contribution is -2.29. The number of benzene rings is 1. The maximum atomic E-state index is 10.9. The number of oxime groups is 1. The number of hydrogen-bond donors (Lipinski definition) is 3. The van der Waals surface area contributed by atoms with Crippen LogP contribution in [-0.4, -0.2) is 50.6 Å². The number of hydrogen-bond acceptors (Lipinski definition) is 5. The number of carbonyl (C=O) groups excluding carboxylic acids is 1. The molecular formula is C15H24N4O2. The van der Waals surface area contributed by atoms with Crippen molar-refractivity contribution in [1.82, 2.24) is 10.6 Å². The lowest BCUT2D eigenvalue weighted by atomic mass is 10.3. The van der Waals surface area contributed by atoms with Crippen LogP contribution in [0, 0.1) is 0 Å². The Morgan fingerprint density at radius 3 is 2.67 bits per heavy atom. The number of nitrogens with one attached hydrogen (secondary N) is 2. The van der Waals surface area contributed by atoms with Gasteiger partial charge in [0.2, 0.25) is 0 Å². The molecule has 0 unspecified atom stereocenters. The fourth-order valence-electron chi connectivity index (χ4n) is 1.90. The van der Waals surface area contributed by atoms with Crippen LogP contribution in [-0.2, 0) is 4.79 Å². The van der Waals surface area contributed by atoms with Gasteiger partial charge in [0.1, 0.15) is 6.21 Å². The average molecular weight is 292 g/mol. The molecule has 0 heterocycles. The van der Waals surface area contributed by atoms with E-state index in [1.54, 1.807) is 0 Å². The fraction of sp³-hybridized carbons (Fsp3) is 0.467. The summed E-state index contributed by atoms with van der Waals surface area (Å²) in [7, 11) is 2.09. The molecule has 116 valence electrons. The van der Waals surface area contributed by atoms with Crippen LogP contribution in [0.5, 0.6) is 0 Å². The first-order chi connectivity index (χ1) is 10.2. The highest BCUT2D eigenvalue weighted by atomic mass is 16.4. The summed E-state index contributed by atoms with van der Waals surface area (Å²) in [6.45, 7) is 3.37. The molecule has 6 heteroatoms. The molecule has 0 aromatic heterocycles. The number of carbonyl (C=O) groups is 1. The van der Waals surface area contributed by atoms with Crippen molar-refractivity contribution in [1.29, 1.82) is 0 Å². The van der Waals surface area contributed by atoms with Gasteiger partial charge in [-0.1, -0.05) is 23.4 Å². The minimum atomic E-state index is -0.373. The van der Waals surface area contributed by atoms with Crippen molar-refractivity contribution in [3.63, 3.8) is 0 Å². The van der Waals surface area contributed by atoms with Crippen LogP contribution in [0.25, 0.3) is 0 Å². The summed E-state index contributed by atoms with van der Waals surface area (Å²) in [5.74, 6) is -0.373. The molecule has 0 aliphatic heterocycles. The van der Waals surface area contributed by atoms with Crippen LogP contribution < -0.4 is 15.5 Å². The zero-order valence-corrected chi connectivity index (χ0v) is 12.5. The summed E-state index contributed by atoms with van der Waals surface area (Å²) in [5, 5.41) is 16.8. The van der Waals surface area contributed by atoms with Gasteiger partial charge in [-0.05, 0) is 38.1 Å². The molecule has 3 N–H and O–H groups in total. The minimum absolute atomic E-state index is 0.373. The molecular weight excluding hydrogens is 268 g/mol. The number of nitrogens with zero attached hydrogens (tertiary/aromatic N) is 2. The van der Waals surface area contributed by atoms with Gasteiger partial charge < -0.3 is 20.7 Å². The van der Waals surface area contributed by atoms with E-state index >= 15 is 0 Å². The predicted molar refractivity (Wildman–Crippen MR) is 85.1 cm³/mol. The Balaban J connectivity index is 1.96. The highest BCUT2D eigenvalue weighted by Crippen LogP contribution is 2.10. The van der Waals surface area contributed by atoms with E-state index in [0.29, 0.717) is 6.54 Å². The van der Waals surface area contributed by atoms with Crippen molar-refractivity contribution in [2.75, 3.05) is 38.1 Å². The highest BCUT2D eigenvalue weighted by Gasteiger charge is 1.99. The Morgan fingerprint density at radius 1 is 1.24 bits per heavy atom. The third kappa shape index (κ3) is 7.94. The molecule has 6 nitrogen and oxygen atoms in total. The molecule has 0 aliphatic carbocycles. The van der Waals surface area contributed by atoms with Gasteiger partial charge in [-0.2, -0.15) is 0 Å². The summed E-state index contributed by atoms with van der Waals surface area (Å²) in [6.07, 6.45) is 2.77. The molecule has 0 atom stereocenters. The van der Waals surface area contributed by atoms with E-state index in [1.165, 1.54) is 5.69 Å². The molecule has 1 aromatic carbocycles. The van der Waals surface area contributed by atoms with E-state index < -0.39 is 0 Å². The van der Waals surface area contributed by atoms with Gasteiger partial charge in [0.15, 0.2) is 0 Å². The smallest absolute Gasteiger partial charge is 0.265 e. The Labute approximate surface area is 125 Å². The predicted octanol–water partition coefficient (Wildman–Crippen LogP) is 1.07. The summed E-state index contributed by atoms with van der Waals surface area (Å²) >= 11 is 0. The quantitative estimate of drug-likeness (QED) is 0.261. The Morgan fingerprint density at radius 2 is 1.95 bits per heavy atom. The van der Waals surface area contributed by atoms with E-state index in [-0.39, 0.29) is 5.91 Å². The van der Waals surface area contributed by atoms with Crippen molar-refractivity contribution in [2.24, 2.45) is 5.16 Å². The van der Waals surface area contributed by atoms with Crippen LogP contribution in [0.4, 0.5) is 5.69 Å². The third-order valence-corrected chi connectivity index (χ3v) is 3.05. The van der Waals surface area contributed by atoms with Crippen molar-refractivity contribution in [3.8, 4) is 0 Å². The van der Waals surface area contributed by atoms with Gasteiger partial charge >= 0.3 is 0 Å². The van der Waals surface area contributed by atoms with Gasteiger partial charge in [-0.15, -0.1) is 0 Å². The summed E-state index contributed by atoms with van der Waals surface area (Å²) in [4.78, 5) is 13.2. The largest absolute Gasteiger partial charge is 0.411 e. The summed E-state index contributed by atoms with van der Waals surface area (Å²) < 4.78 is 0. The monoisotopic (exact) mass is 292 g/mol. The van der Waals surface area contributed by atoms with Crippen LogP contribution in [0.15, 0.2) is 35.5 Å². The average Bonchev–Trinajstić information content (AvgIpc) is 2.51. The molecule has 0 saturated carbocycles. The van der Waals surface area contributed by atoms with Gasteiger partial charge in [0.05, 0.1) is 0 Å². The zero-order chi connectivity index (χ0) is 15.3. The van der Waals surface area contributed by atoms with Crippen LogP contribution in [0.1, 0.15) is 12.8 Å². The second kappa shape index (κ2) is 10.7. The van der Waals surface area contributed by atoms with Gasteiger partial charge in [0.25, 0.3) is 5.91 Å². The normalized spacial score (nSPS) is 10.7. The first kappa shape index (κ1) is 17.0. The summed E-state index contributed by atoms with van der Waals surface area (Å²) in [5.41, 5.74) is 1.23. The summed E-state index contributed by atoms with van der Waals surface area (Å²) in [6, 6.07) is 10.3. The fourth-order valence-corrected chi connectivity index (χ4v) is 1.90. The molecule has 0 bridgehead atoms. The molecule has 0 fully saturated rings. The topological polar surface area (TPSA) is 77.0 Å². The molecule has 1 aromatic rings. The van der Waals surface area contributed by atoms with E-state index in [1.807, 2.05) is 18.2 Å². The molecule has 1 rings (SSSR count). The lowest BCUT2D eigenvalue weighted by Gasteiger charge is -2.19. The number of amides is 1. The van der Waals surface area contributed by atoms with E-state index in [0.717, 1.165) is 38.7 Å². The lowest BCUT2D eigenvalue weighted by molar-refractivity contribution is -0.114. The Bertz CT molecular complexity index is 423. The number of para-hydroxylation sites is 1.